The Bertz CT molecular complexity index is 148. The second-order valence-corrected chi connectivity index (χ2v) is 2.63. The molecule has 0 N–H and O–H groups in total. The first-order valence-electron chi connectivity index (χ1n) is 3.72. The highest BCUT2D eigenvalue weighted by Crippen LogP contribution is 2.30. The van der Waals surface area contributed by atoms with Crippen molar-refractivity contribution < 1.29 is 26.3 Å². The van der Waals surface area contributed by atoms with Crippen molar-refractivity contribution in [1.82, 2.24) is 0 Å². The summed E-state index contributed by atoms with van der Waals surface area (Å²) >= 11 is 0. The van der Waals surface area contributed by atoms with Crippen LogP contribution in [0.1, 0.15) is 13.3 Å². The van der Waals surface area contributed by atoms with Crippen LogP contribution in [0.25, 0.3) is 0 Å². The van der Waals surface area contributed by atoms with Gasteiger partial charge in [0.25, 0.3) is 5.92 Å². The predicted octanol–water partition coefficient (Wildman–Crippen LogP) is 3.02. The summed E-state index contributed by atoms with van der Waals surface area (Å²) in [5, 5.41) is 0. The Morgan fingerprint density at radius 3 is 1.92 bits per heavy atom. The Morgan fingerprint density at radius 2 is 1.62 bits per heavy atom. The van der Waals surface area contributed by atoms with Gasteiger partial charge in [-0.05, 0) is 0 Å². The Hall–Kier alpha value is -0.420. The SMILES string of the molecule is CCC(F)(F)[C@@H](F)C(F)C(F)CF. The molecule has 0 aromatic carbocycles. The molecule has 0 saturated carbocycles. The molecular formula is C7H10F6. The molecule has 0 saturated heterocycles. The number of alkyl halides is 6. The van der Waals surface area contributed by atoms with Crippen LogP contribution in [0.5, 0.6) is 0 Å². The molecule has 3 atom stereocenters. The van der Waals surface area contributed by atoms with Crippen molar-refractivity contribution >= 4 is 0 Å². The van der Waals surface area contributed by atoms with E-state index in [2.05, 4.69) is 0 Å². The van der Waals surface area contributed by atoms with Gasteiger partial charge in [-0.3, -0.25) is 0 Å². The normalized spacial score (nSPS) is 19.6. The van der Waals surface area contributed by atoms with Gasteiger partial charge >= 0.3 is 0 Å². The average Bonchev–Trinajstić information content (AvgIpc) is 2.14. The summed E-state index contributed by atoms with van der Waals surface area (Å²) < 4.78 is 73.2. The lowest BCUT2D eigenvalue weighted by Crippen LogP contribution is -2.42. The van der Waals surface area contributed by atoms with Crippen molar-refractivity contribution in [2.45, 2.75) is 37.8 Å². The molecule has 0 aromatic rings. The van der Waals surface area contributed by atoms with Gasteiger partial charge in [0, 0.05) is 6.42 Å². The summed E-state index contributed by atoms with van der Waals surface area (Å²) in [6.07, 6.45) is -10.2. The van der Waals surface area contributed by atoms with E-state index in [0.29, 0.717) is 0 Å². The van der Waals surface area contributed by atoms with E-state index in [4.69, 9.17) is 0 Å². The summed E-state index contributed by atoms with van der Waals surface area (Å²) in [6.45, 7) is -0.872. The molecule has 0 spiro atoms. The van der Waals surface area contributed by atoms with Crippen molar-refractivity contribution in [3.8, 4) is 0 Å². The van der Waals surface area contributed by atoms with E-state index in [1.807, 2.05) is 0 Å². The minimum Gasteiger partial charge on any atom is -0.248 e. The van der Waals surface area contributed by atoms with Crippen LogP contribution in [0.4, 0.5) is 26.3 Å². The Labute approximate surface area is 71.9 Å². The quantitative estimate of drug-likeness (QED) is 0.609. The molecule has 0 aliphatic heterocycles. The van der Waals surface area contributed by atoms with Crippen LogP contribution in [0.15, 0.2) is 0 Å². The first-order chi connectivity index (χ1) is 5.86. The number of halogens is 6. The highest BCUT2D eigenvalue weighted by molar-refractivity contribution is 4.86. The minimum absolute atomic E-state index is 0.933. The van der Waals surface area contributed by atoms with Crippen LogP contribution < -0.4 is 0 Å². The molecule has 0 heterocycles. The Kier molecular flexibility index (Phi) is 4.56. The van der Waals surface area contributed by atoms with Gasteiger partial charge in [-0.15, -0.1) is 0 Å². The highest BCUT2D eigenvalue weighted by atomic mass is 19.3. The van der Waals surface area contributed by atoms with Gasteiger partial charge in [0.1, 0.15) is 6.67 Å². The predicted molar refractivity (Wildman–Crippen MR) is 35.9 cm³/mol. The van der Waals surface area contributed by atoms with Crippen molar-refractivity contribution in [2.75, 3.05) is 6.67 Å². The van der Waals surface area contributed by atoms with Gasteiger partial charge in [0.2, 0.25) is 0 Å². The molecule has 0 rings (SSSR count). The summed E-state index contributed by atoms with van der Waals surface area (Å²) in [7, 11) is 0. The molecule has 80 valence electrons. The maximum absolute atomic E-state index is 12.5. The average molecular weight is 208 g/mol. The van der Waals surface area contributed by atoms with Gasteiger partial charge < -0.3 is 0 Å². The molecule has 13 heavy (non-hydrogen) atoms. The summed E-state index contributed by atoms with van der Waals surface area (Å²) in [5.74, 6) is -3.95. The van der Waals surface area contributed by atoms with Crippen molar-refractivity contribution in [1.29, 1.82) is 0 Å². The molecule has 0 amide bonds. The minimum atomic E-state index is -3.95. The smallest absolute Gasteiger partial charge is 0.248 e. The van der Waals surface area contributed by atoms with E-state index >= 15 is 0 Å². The summed E-state index contributed by atoms with van der Waals surface area (Å²) in [4.78, 5) is 0. The molecule has 0 aromatic heterocycles. The van der Waals surface area contributed by atoms with Crippen LogP contribution in [0.3, 0.4) is 0 Å². The second kappa shape index (κ2) is 4.72. The monoisotopic (exact) mass is 208 g/mol. The van der Waals surface area contributed by atoms with Crippen molar-refractivity contribution in [2.24, 2.45) is 0 Å². The van der Waals surface area contributed by atoms with Crippen molar-refractivity contribution in [3.05, 3.63) is 0 Å². The molecule has 0 bridgehead atoms. The lowest BCUT2D eigenvalue weighted by Gasteiger charge is -2.22. The van der Waals surface area contributed by atoms with E-state index in [0.717, 1.165) is 6.92 Å². The van der Waals surface area contributed by atoms with Crippen LogP contribution in [0.2, 0.25) is 0 Å². The Morgan fingerprint density at radius 1 is 1.15 bits per heavy atom. The van der Waals surface area contributed by atoms with Crippen LogP contribution in [-0.4, -0.2) is 31.1 Å². The van der Waals surface area contributed by atoms with Crippen LogP contribution >= 0.6 is 0 Å². The van der Waals surface area contributed by atoms with Crippen LogP contribution in [0, 0.1) is 0 Å². The van der Waals surface area contributed by atoms with Gasteiger partial charge in [0.15, 0.2) is 18.5 Å². The maximum atomic E-state index is 12.5. The molecule has 0 aliphatic rings. The highest BCUT2D eigenvalue weighted by Gasteiger charge is 2.46. The standard InChI is InChI=1S/C7H10F6/c1-2-7(12,13)6(11)5(10)4(9)3-8/h4-6H,2-3H2,1H3/t4?,5?,6-/m0/s1. The molecule has 0 nitrogen and oxygen atoms in total. The fourth-order valence-electron chi connectivity index (χ4n) is 0.696. The van der Waals surface area contributed by atoms with E-state index in [1.165, 1.54) is 0 Å². The van der Waals surface area contributed by atoms with Gasteiger partial charge in [-0.2, -0.15) is 0 Å². The third-order valence-corrected chi connectivity index (χ3v) is 1.65. The van der Waals surface area contributed by atoms with Gasteiger partial charge in [0.05, 0.1) is 0 Å². The number of hydrogen-bond donors (Lipinski definition) is 0. The molecule has 2 unspecified atom stereocenters. The molecular weight excluding hydrogens is 198 g/mol. The first-order valence-corrected chi connectivity index (χ1v) is 3.72. The van der Waals surface area contributed by atoms with E-state index in [1.54, 1.807) is 0 Å². The molecule has 0 fully saturated rings. The van der Waals surface area contributed by atoms with E-state index in [-0.39, 0.29) is 0 Å². The third-order valence-electron chi connectivity index (χ3n) is 1.65. The first kappa shape index (κ1) is 12.6. The molecule has 6 heteroatoms. The molecule has 0 radical (unpaired) electrons. The topological polar surface area (TPSA) is 0 Å². The summed E-state index contributed by atoms with van der Waals surface area (Å²) in [6, 6.07) is 0. The van der Waals surface area contributed by atoms with E-state index < -0.39 is 37.5 Å². The summed E-state index contributed by atoms with van der Waals surface area (Å²) in [5.41, 5.74) is 0. The number of rotatable bonds is 5. The Balaban J connectivity index is 4.32. The fraction of sp³-hybridized carbons (Fsp3) is 1.00. The zero-order valence-corrected chi connectivity index (χ0v) is 6.91. The van der Waals surface area contributed by atoms with Gasteiger partial charge in [-0.1, -0.05) is 6.92 Å². The maximum Gasteiger partial charge on any atom is 0.281 e. The largest absolute Gasteiger partial charge is 0.281 e. The van der Waals surface area contributed by atoms with Crippen molar-refractivity contribution in [3.63, 3.8) is 0 Å². The van der Waals surface area contributed by atoms with Crippen LogP contribution in [-0.2, 0) is 0 Å². The van der Waals surface area contributed by atoms with Gasteiger partial charge in [-0.25, -0.2) is 26.3 Å². The zero-order valence-electron chi connectivity index (χ0n) is 6.91. The fourth-order valence-corrected chi connectivity index (χ4v) is 0.696. The third kappa shape index (κ3) is 3.08. The van der Waals surface area contributed by atoms with E-state index in [9.17, 15) is 26.3 Å². The number of hydrogen-bond acceptors (Lipinski definition) is 0. The molecule has 0 aliphatic carbocycles. The second-order valence-electron chi connectivity index (χ2n) is 2.63. The lowest BCUT2D eigenvalue weighted by atomic mass is 10.0. The lowest BCUT2D eigenvalue weighted by molar-refractivity contribution is -0.115. The zero-order chi connectivity index (χ0) is 10.6.